The fraction of sp³-hybridized carbons (Fsp3) is 0.286. The lowest BCUT2D eigenvalue weighted by Gasteiger charge is -2.18. The molecule has 0 amide bonds. The van der Waals surface area contributed by atoms with Crippen molar-refractivity contribution in [2.75, 3.05) is 5.32 Å². The van der Waals surface area contributed by atoms with Crippen LogP contribution in [0.1, 0.15) is 26.6 Å². The van der Waals surface area contributed by atoms with Crippen LogP contribution in [0.2, 0.25) is 5.15 Å². The molecule has 2 aromatic rings. The van der Waals surface area contributed by atoms with E-state index in [9.17, 15) is 4.39 Å². The Balaban J connectivity index is 2.36. The van der Waals surface area contributed by atoms with Crippen LogP contribution < -0.4 is 5.32 Å². The van der Waals surface area contributed by atoms with E-state index >= 15 is 0 Å². The van der Waals surface area contributed by atoms with Crippen LogP contribution in [0.4, 0.5) is 15.9 Å². The zero-order chi connectivity index (χ0) is 14.9. The summed E-state index contributed by atoms with van der Waals surface area (Å²) in [5.41, 5.74) is 0.0994. The molecule has 0 aliphatic heterocycles. The molecule has 3 nitrogen and oxygen atoms in total. The van der Waals surface area contributed by atoms with Gasteiger partial charge in [0.05, 0.1) is 5.69 Å². The molecular weight excluding hydrogens is 345 g/mol. The molecule has 1 heterocycles. The fourth-order valence-electron chi connectivity index (χ4n) is 1.55. The summed E-state index contributed by atoms with van der Waals surface area (Å²) in [5.74, 6) is 0.701. The molecule has 0 bridgehead atoms. The molecule has 0 aliphatic carbocycles. The molecule has 2 rings (SSSR count). The van der Waals surface area contributed by atoms with Gasteiger partial charge < -0.3 is 5.32 Å². The van der Waals surface area contributed by atoms with Crippen LogP contribution in [0.3, 0.4) is 0 Å². The van der Waals surface area contributed by atoms with E-state index in [2.05, 4.69) is 31.2 Å². The normalized spacial score (nSPS) is 11.5. The summed E-state index contributed by atoms with van der Waals surface area (Å²) in [6.07, 6.45) is 0. The van der Waals surface area contributed by atoms with Gasteiger partial charge in [0.1, 0.15) is 22.6 Å². The van der Waals surface area contributed by atoms with Crippen LogP contribution >= 0.6 is 27.5 Å². The maximum absolute atomic E-state index is 13.8. The van der Waals surface area contributed by atoms with Gasteiger partial charge in [-0.2, -0.15) is 0 Å². The van der Waals surface area contributed by atoms with Gasteiger partial charge in [-0.1, -0.05) is 48.3 Å². The average Bonchev–Trinajstić information content (AvgIpc) is 2.31. The Hall–Kier alpha value is -1.20. The van der Waals surface area contributed by atoms with Crippen molar-refractivity contribution in [3.05, 3.63) is 45.5 Å². The van der Waals surface area contributed by atoms with E-state index < -0.39 is 0 Å². The van der Waals surface area contributed by atoms with Gasteiger partial charge in [-0.05, 0) is 18.2 Å². The summed E-state index contributed by atoms with van der Waals surface area (Å²) in [6, 6.07) is 6.33. The molecule has 0 aliphatic rings. The highest BCUT2D eigenvalue weighted by Crippen LogP contribution is 2.26. The molecule has 20 heavy (non-hydrogen) atoms. The predicted octanol–water partition coefficient (Wildman–Crippen LogP) is 5.07. The number of hydrogen-bond donors (Lipinski definition) is 1. The number of benzene rings is 1. The van der Waals surface area contributed by atoms with Gasteiger partial charge in [0.25, 0.3) is 0 Å². The molecule has 1 aromatic heterocycles. The maximum atomic E-state index is 13.8. The van der Waals surface area contributed by atoms with Crippen molar-refractivity contribution in [2.45, 2.75) is 26.2 Å². The molecule has 6 heteroatoms. The summed E-state index contributed by atoms with van der Waals surface area (Å²) in [5, 5.41) is 3.25. The molecule has 0 atom stereocenters. The number of nitrogens with one attached hydrogen (secondary N) is 1. The van der Waals surface area contributed by atoms with Crippen molar-refractivity contribution in [3.63, 3.8) is 0 Å². The lowest BCUT2D eigenvalue weighted by atomic mass is 9.96. The van der Waals surface area contributed by atoms with E-state index in [1.54, 1.807) is 18.2 Å². The van der Waals surface area contributed by atoms with E-state index in [1.807, 2.05) is 20.8 Å². The van der Waals surface area contributed by atoms with Crippen molar-refractivity contribution in [1.82, 2.24) is 9.97 Å². The Morgan fingerprint density at radius 3 is 2.50 bits per heavy atom. The molecule has 0 saturated carbocycles. The molecule has 0 spiro atoms. The number of anilines is 2. The lowest BCUT2D eigenvalue weighted by molar-refractivity contribution is 0.546. The molecule has 1 aromatic carbocycles. The van der Waals surface area contributed by atoms with Gasteiger partial charge in [-0.15, -0.1) is 0 Å². The Morgan fingerprint density at radius 2 is 1.90 bits per heavy atom. The summed E-state index contributed by atoms with van der Waals surface area (Å²) >= 11 is 9.21. The first kappa shape index (κ1) is 15.2. The Kier molecular flexibility index (Phi) is 4.30. The first-order valence-electron chi connectivity index (χ1n) is 6.03. The van der Waals surface area contributed by atoms with Crippen LogP contribution in [0, 0.1) is 5.82 Å². The zero-order valence-electron chi connectivity index (χ0n) is 11.3. The van der Waals surface area contributed by atoms with E-state index in [0.29, 0.717) is 27.0 Å². The van der Waals surface area contributed by atoms with Crippen molar-refractivity contribution in [1.29, 1.82) is 0 Å². The van der Waals surface area contributed by atoms with Crippen molar-refractivity contribution in [3.8, 4) is 0 Å². The van der Waals surface area contributed by atoms with Crippen LogP contribution in [0.5, 0.6) is 0 Å². The summed E-state index contributed by atoms with van der Waals surface area (Å²) in [7, 11) is 0. The van der Waals surface area contributed by atoms with E-state index in [1.165, 1.54) is 6.07 Å². The number of nitrogens with zero attached hydrogens (tertiary/aromatic N) is 2. The van der Waals surface area contributed by atoms with Crippen LogP contribution in [-0.4, -0.2) is 9.97 Å². The molecule has 106 valence electrons. The monoisotopic (exact) mass is 357 g/mol. The van der Waals surface area contributed by atoms with E-state index in [0.717, 1.165) is 0 Å². The lowest BCUT2D eigenvalue weighted by Crippen LogP contribution is -2.16. The standard InChI is InChI=1S/C14H14BrClFN3/c1-14(2,3)13-19-11(16)7-12(20-13)18-10-5-4-8(15)6-9(10)17/h4-7H,1-3H3,(H,18,19,20). The van der Waals surface area contributed by atoms with Crippen molar-refractivity contribution in [2.24, 2.45) is 0 Å². The number of halogens is 3. The van der Waals surface area contributed by atoms with Gasteiger partial charge in [-0.25, -0.2) is 14.4 Å². The van der Waals surface area contributed by atoms with Crippen LogP contribution in [0.15, 0.2) is 28.7 Å². The topological polar surface area (TPSA) is 37.8 Å². The smallest absolute Gasteiger partial charge is 0.147 e. The minimum atomic E-state index is -0.369. The van der Waals surface area contributed by atoms with Gasteiger partial charge in [0, 0.05) is 16.0 Å². The van der Waals surface area contributed by atoms with Gasteiger partial charge >= 0.3 is 0 Å². The summed E-state index contributed by atoms with van der Waals surface area (Å²) in [6.45, 7) is 5.97. The second-order valence-corrected chi connectivity index (χ2v) is 6.70. The van der Waals surface area contributed by atoms with Crippen molar-refractivity contribution >= 4 is 39.0 Å². The van der Waals surface area contributed by atoms with E-state index in [4.69, 9.17) is 11.6 Å². The largest absolute Gasteiger partial charge is 0.338 e. The highest BCUT2D eigenvalue weighted by atomic mass is 79.9. The minimum Gasteiger partial charge on any atom is -0.338 e. The summed E-state index contributed by atoms with van der Waals surface area (Å²) < 4.78 is 14.5. The second kappa shape index (κ2) is 5.66. The van der Waals surface area contributed by atoms with Gasteiger partial charge in [-0.3, -0.25) is 0 Å². The Bertz CT molecular complexity index is 641. The first-order valence-corrected chi connectivity index (χ1v) is 7.20. The molecule has 0 radical (unpaired) electrons. The third-order valence-electron chi connectivity index (χ3n) is 2.56. The SMILES string of the molecule is CC(C)(C)c1nc(Cl)cc(Nc2ccc(Br)cc2F)n1. The quantitative estimate of drug-likeness (QED) is 0.761. The van der Waals surface area contributed by atoms with Crippen LogP contribution in [-0.2, 0) is 5.41 Å². The number of hydrogen-bond acceptors (Lipinski definition) is 3. The van der Waals surface area contributed by atoms with Crippen molar-refractivity contribution < 1.29 is 4.39 Å². The fourth-order valence-corrected chi connectivity index (χ4v) is 2.06. The molecule has 1 N–H and O–H groups in total. The zero-order valence-corrected chi connectivity index (χ0v) is 13.7. The number of aromatic nitrogens is 2. The third-order valence-corrected chi connectivity index (χ3v) is 3.25. The molecule has 0 unspecified atom stereocenters. The molecular formula is C14H14BrClFN3. The third kappa shape index (κ3) is 3.67. The highest BCUT2D eigenvalue weighted by Gasteiger charge is 2.19. The van der Waals surface area contributed by atoms with Gasteiger partial charge in [0.2, 0.25) is 0 Å². The maximum Gasteiger partial charge on any atom is 0.147 e. The Labute approximate surface area is 130 Å². The van der Waals surface area contributed by atoms with E-state index in [-0.39, 0.29) is 11.2 Å². The average molecular weight is 359 g/mol. The Morgan fingerprint density at radius 1 is 1.20 bits per heavy atom. The van der Waals surface area contributed by atoms with Crippen LogP contribution in [0.25, 0.3) is 0 Å². The minimum absolute atomic E-state index is 0.237. The predicted molar refractivity (Wildman–Crippen MR) is 83.1 cm³/mol. The molecule has 0 fully saturated rings. The van der Waals surface area contributed by atoms with Gasteiger partial charge in [0.15, 0.2) is 0 Å². The second-order valence-electron chi connectivity index (χ2n) is 5.40. The first-order chi connectivity index (χ1) is 9.25. The summed E-state index contributed by atoms with van der Waals surface area (Å²) in [4.78, 5) is 8.57. The highest BCUT2D eigenvalue weighted by molar-refractivity contribution is 9.10. The molecule has 0 saturated heterocycles. The number of rotatable bonds is 2.